The van der Waals surface area contributed by atoms with Gasteiger partial charge in [0.1, 0.15) is 5.60 Å². The van der Waals surface area contributed by atoms with Crippen molar-refractivity contribution in [2.24, 2.45) is 23.7 Å². The van der Waals surface area contributed by atoms with Crippen molar-refractivity contribution in [2.45, 2.75) is 91.9 Å². The van der Waals surface area contributed by atoms with Crippen LogP contribution in [-0.2, 0) is 25.5 Å². The standard InChI is InChI=1S/C34H59N3O8/c1-22(2)25(17-24-13-14-29(43-11)30(18-24)44-16-12-15-42-10)19-27(36-33(41)45-34(5,6)7)28(38)20-26(23(3)4)32(40)35-21-31(39)37(8)9/h13-14,18,22-23,25-28,38H,12,15-17,19-21H2,1-11H3,(H,35,40)(H,36,41)/t25-,26-,27-,28-/m0/s1. The van der Waals surface area contributed by atoms with Crippen molar-refractivity contribution in [3.8, 4) is 11.5 Å². The molecule has 3 amide bonds. The van der Waals surface area contributed by atoms with Crippen LogP contribution in [0.2, 0.25) is 0 Å². The number of benzene rings is 1. The fourth-order valence-electron chi connectivity index (χ4n) is 4.90. The second kappa shape index (κ2) is 19.5. The second-order valence-electron chi connectivity index (χ2n) is 13.5. The molecule has 0 heterocycles. The number of likely N-dealkylation sites (N-methyl/N-ethyl adjacent to an activating group) is 1. The summed E-state index contributed by atoms with van der Waals surface area (Å²) in [4.78, 5) is 39.5. The van der Waals surface area contributed by atoms with Crippen LogP contribution in [0.4, 0.5) is 4.79 Å². The van der Waals surface area contributed by atoms with Crippen molar-refractivity contribution in [1.82, 2.24) is 15.5 Å². The molecule has 0 saturated carbocycles. The van der Waals surface area contributed by atoms with Gasteiger partial charge in [-0.25, -0.2) is 4.79 Å². The van der Waals surface area contributed by atoms with Crippen LogP contribution in [-0.4, -0.2) is 93.7 Å². The number of alkyl carbamates (subject to hydrolysis) is 1. The summed E-state index contributed by atoms with van der Waals surface area (Å²) in [5, 5.41) is 17.2. The summed E-state index contributed by atoms with van der Waals surface area (Å²) in [6.45, 7) is 14.3. The third-order valence-electron chi connectivity index (χ3n) is 7.69. The Bertz CT molecular complexity index is 1050. The molecule has 0 aliphatic rings. The van der Waals surface area contributed by atoms with Crippen LogP contribution in [0.3, 0.4) is 0 Å². The van der Waals surface area contributed by atoms with Gasteiger partial charge >= 0.3 is 6.09 Å². The molecular weight excluding hydrogens is 578 g/mol. The maximum Gasteiger partial charge on any atom is 0.407 e. The molecule has 4 atom stereocenters. The molecule has 3 N–H and O–H groups in total. The minimum absolute atomic E-state index is 0.0540. The van der Waals surface area contributed by atoms with E-state index in [-0.39, 0.29) is 42.5 Å². The Hall–Kier alpha value is -3.05. The van der Waals surface area contributed by atoms with Crippen molar-refractivity contribution in [2.75, 3.05) is 48.1 Å². The molecule has 0 radical (unpaired) electrons. The third-order valence-corrected chi connectivity index (χ3v) is 7.69. The van der Waals surface area contributed by atoms with E-state index in [1.807, 2.05) is 32.0 Å². The summed E-state index contributed by atoms with van der Waals surface area (Å²) >= 11 is 0. The monoisotopic (exact) mass is 637 g/mol. The zero-order valence-electron chi connectivity index (χ0n) is 29.4. The Morgan fingerprint density at radius 3 is 2.16 bits per heavy atom. The predicted octanol–water partition coefficient (Wildman–Crippen LogP) is 4.44. The average Bonchev–Trinajstić information content (AvgIpc) is 2.94. The van der Waals surface area contributed by atoms with Crippen LogP contribution in [0.25, 0.3) is 0 Å². The van der Waals surface area contributed by atoms with Gasteiger partial charge in [0.2, 0.25) is 11.8 Å². The Kier molecular flexibility index (Phi) is 17.3. The van der Waals surface area contributed by atoms with E-state index < -0.39 is 29.8 Å². The number of nitrogens with one attached hydrogen (secondary N) is 2. The molecule has 0 unspecified atom stereocenters. The van der Waals surface area contributed by atoms with Gasteiger partial charge in [0.25, 0.3) is 0 Å². The first kappa shape index (κ1) is 40.0. The lowest BCUT2D eigenvalue weighted by molar-refractivity contribution is -0.133. The van der Waals surface area contributed by atoms with Crippen molar-refractivity contribution in [3.63, 3.8) is 0 Å². The Morgan fingerprint density at radius 2 is 1.62 bits per heavy atom. The van der Waals surface area contributed by atoms with Gasteiger partial charge in [-0.05, 0) is 75.5 Å². The fraction of sp³-hybridized carbons (Fsp3) is 0.735. The van der Waals surface area contributed by atoms with Gasteiger partial charge in [-0.15, -0.1) is 0 Å². The first-order valence-electron chi connectivity index (χ1n) is 15.9. The van der Waals surface area contributed by atoms with E-state index in [2.05, 4.69) is 24.5 Å². The summed E-state index contributed by atoms with van der Waals surface area (Å²) in [6, 6.07) is 5.17. The Morgan fingerprint density at radius 1 is 0.956 bits per heavy atom. The number of carbonyl (C=O) groups excluding carboxylic acids is 3. The van der Waals surface area contributed by atoms with Gasteiger partial charge in [0.05, 0.1) is 32.4 Å². The van der Waals surface area contributed by atoms with E-state index in [1.165, 1.54) is 4.90 Å². The number of aliphatic hydroxyl groups is 1. The summed E-state index contributed by atoms with van der Waals surface area (Å²) in [5.41, 5.74) is 0.311. The van der Waals surface area contributed by atoms with Gasteiger partial charge in [-0.2, -0.15) is 0 Å². The average molecular weight is 638 g/mol. The maximum absolute atomic E-state index is 13.1. The molecule has 1 aromatic rings. The minimum atomic E-state index is -1.04. The lowest BCUT2D eigenvalue weighted by atomic mass is 9.80. The number of amides is 3. The van der Waals surface area contributed by atoms with Gasteiger partial charge in [0.15, 0.2) is 11.5 Å². The number of rotatable bonds is 19. The topological polar surface area (TPSA) is 136 Å². The maximum atomic E-state index is 13.1. The summed E-state index contributed by atoms with van der Waals surface area (Å²) in [6.07, 6.45) is 0.280. The van der Waals surface area contributed by atoms with Crippen molar-refractivity contribution in [1.29, 1.82) is 0 Å². The van der Waals surface area contributed by atoms with E-state index >= 15 is 0 Å². The molecule has 0 spiro atoms. The molecular formula is C34H59N3O8. The highest BCUT2D eigenvalue weighted by Crippen LogP contribution is 2.32. The Balaban J connectivity index is 3.24. The molecule has 0 aliphatic carbocycles. The lowest BCUT2D eigenvalue weighted by Gasteiger charge is -2.33. The molecule has 0 saturated heterocycles. The van der Waals surface area contributed by atoms with Crippen molar-refractivity contribution in [3.05, 3.63) is 23.8 Å². The first-order chi connectivity index (χ1) is 21.0. The molecule has 0 bridgehead atoms. The molecule has 258 valence electrons. The molecule has 45 heavy (non-hydrogen) atoms. The van der Waals surface area contributed by atoms with Crippen LogP contribution < -0.4 is 20.1 Å². The van der Waals surface area contributed by atoms with Gasteiger partial charge in [0, 0.05) is 40.2 Å². The van der Waals surface area contributed by atoms with Gasteiger partial charge < -0.3 is 39.6 Å². The fourth-order valence-corrected chi connectivity index (χ4v) is 4.90. The minimum Gasteiger partial charge on any atom is -0.493 e. The smallest absolute Gasteiger partial charge is 0.407 e. The number of nitrogens with zero attached hydrogens (tertiary/aromatic N) is 1. The van der Waals surface area contributed by atoms with Crippen LogP contribution >= 0.6 is 0 Å². The molecule has 11 heteroatoms. The van der Waals surface area contributed by atoms with Crippen molar-refractivity contribution < 1.29 is 38.4 Å². The van der Waals surface area contributed by atoms with Crippen LogP contribution in [0.15, 0.2) is 18.2 Å². The predicted molar refractivity (Wildman–Crippen MR) is 175 cm³/mol. The zero-order chi connectivity index (χ0) is 34.3. The normalized spacial score (nSPS) is 14.4. The second-order valence-corrected chi connectivity index (χ2v) is 13.5. The summed E-state index contributed by atoms with van der Waals surface area (Å²) in [5.74, 6) is 0.323. The SMILES string of the molecule is COCCCOc1cc(C[C@@H](C[C@H](NC(=O)OC(C)(C)C)[C@@H](O)C[C@H](C(=O)NCC(=O)N(C)C)C(C)C)C(C)C)ccc1OC. The summed E-state index contributed by atoms with van der Waals surface area (Å²) in [7, 11) is 6.51. The van der Waals surface area contributed by atoms with Crippen LogP contribution in [0.1, 0.15) is 73.3 Å². The molecule has 0 aliphatic heterocycles. The highest BCUT2D eigenvalue weighted by molar-refractivity contribution is 5.85. The van der Waals surface area contributed by atoms with Crippen LogP contribution in [0.5, 0.6) is 11.5 Å². The highest BCUT2D eigenvalue weighted by Gasteiger charge is 2.33. The van der Waals surface area contributed by atoms with E-state index in [4.69, 9.17) is 18.9 Å². The number of methoxy groups -OCH3 is 2. The number of hydrogen-bond donors (Lipinski definition) is 3. The van der Waals surface area contributed by atoms with E-state index in [0.717, 1.165) is 12.0 Å². The van der Waals surface area contributed by atoms with E-state index in [0.29, 0.717) is 37.6 Å². The van der Waals surface area contributed by atoms with Gasteiger partial charge in [-0.1, -0.05) is 33.8 Å². The van der Waals surface area contributed by atoms with E-state index in [9.17, 15) is 19.5 Å². The molecule has 1 aromatic carbocycles. The van der Waals surface area contributed by atoms with Crippen LogP contribution in [0, 0.1) is 23.7 Å². The number of carbonyl (C=O) groups is 3. The first-order valence-corrected chi connectivity index (χ1v) is 15.9. The summed E-state index contributed by atoms with van der Waals surface area (Å²) < 4.78 is 22.2. The molecule has 0 fully saturated rings. The zero-order valence-corrected chi connectivity index (χ0v) is 29.4. The van der Waals surface area contributed by atoms with Gasteiger partial charge in [-0.3, -0.25) is 9.59 Å². The van der Waals surface area contributed by atoms with Crippen molar-refractivity contribution >= 4 is 17.9 Å². The quantitative estimate of drug-likeness (QED) is 0.190. The molecule has 0 aromatic heterocycles. The number of ether oxygens (including phenoxy) is 4. The number of hydrogen-bond acceptors (Lipinski definition) is 8. The molecule has 11 nitrogen and oxygen atoms in total. The molecule has 1 rings (SSSR count). The largest absolute Gasteiger partial charge is 0.493 e. The number of aliphatic hydroxyl groups excluding tert-OH is 1. The lowest BCUT2D eigenvalue weighted by Crippen LogP contribution is -2.49. The highest BCUT2D eigenvalue weighted by atomic mass is 16.6. The third kappa shape index (κ3) is 15.2. The Labute approximate surface area is 270 Å². The van der Waals surface area contributed by atoms with E-state index in [1.54, 1.807) is 49.1 Å².